The number of allylic oxidation sites excluding steroid dienone is 2. The van der Waals surface area contributed by atoms with Crippen molar-refractivity contribution in [1.82, 2.24) is 0 Å². The Morgan fingerprint density at radius 1 is 1.50 bits per heavy atom. The topological polar surface area (TPSA) is 0 Å². The van der Waals surface area contributed by atoms with Gasteiger partial charge < -0.3 is 0 Å². The highest BCUT2D eigenvalue weighted by molar-refractivity contribution is 5.15. The number of hydrogen-bond donors (Lipinski definition) is 0. The van der Waals surface area contributed by atoms with Crippen molar-refractivity contribution < 1.29 is 0 Å². The van der Waals surface area contributed by atoms with Crippen LogP contribution >= 0.6 is 0 Å². The first-order valence-corrected chi connectivity index (χ1v) is 3.60. The van der Waals surface area contributed by atoms with E-state index in [0.717, 1.165) is 17.8 Å². The van der Waals surface area contributed by atoms with Gasteiger partial charge in [-0.2, -0.15) is 0 Å². The van der Waals surface area contributed by atoms with E-state index in [1.54, 1.807) is 0 Å². The highest BCUT2D eigenvalue weighted by Gasteiger charge is 2.42. The van der Waals surface area contributed by atoms with Crippen molar-refractivity contribution in [2.24, 2.45) is 17.8 Å². The van der Waals surface area contributed by atoms with E-state index in [9.17, 15) is 0 Å². The average Bonchev–Trinajstić information content (AvgIpc) is 2.46. The molecule has 0 saturated heterocycles. The molecule has 44 valence electrons. The van der Waals surface area contributed by atoms with Gasteiger partial charge in [-0.25, -0.2) is 0 Å². The summed E-state index contributed by atoms with van der Waals surface area (Å²) in [6, 6.07) is 0. The summed E-state index contributed by atoms with van der Waals surface area (Å²) in [5.74, 6) is 3.06. The number of hydrogen-bond acceptors (Lipinski definition) is 0. The molecule has 0 aromatic carbocycles. The van der Waals surface area contributed by atoms with Gasteiger partial charge in [-0.1, -0.05) is 19.1 Å². The zero-order valence-electron chi connectivity index (χ0n) is 5.30. The fraction of sp³-hybridized carbons (Fsp3) is 0.750. The van der Waals surface area contributed by atoms with Crippen LogP contribution in [0.4, 0.5) is 0 Å². The lowest BCUT2D eigenvalue weighted by molar-refractivity contribution is 0.557. The van der Waals surface area contributed by atoms with Gasteiger partial charge in [-0.3, -0.25) is 0 Å². The molecular formula is C8H12. The van der Waals surface area contributed by atoms with Crippen LogP contribution in [0.5, 0.6) is 0 Å². The first kappa shape index (κ1) is 4.60. The molecule has 0 spiro atoms. The van der Waals surface area contributed by atoms with Crippen LogP contribution in [0.2, 0.25) is 0 Å². The van der Waals surface area contributed by atoms with Gasteiger partial charge in [0.05, 0.1) is 0 Å². The van der Waals surface area contributed by atoms with E-state index in [1.807, 2.05) is 0 Å². The van der Waals surface area contributed by atoms with Gasteiger partial charge >= 0.3 is 0 Å². The van der Waals surface area contributed by atoms with E-state index in [0.29, 0.717) is 0 Å². The summed E-state index contributed by atoms with van der Waals surface area (Å²) in [5.41, 5.74) is 0. The van der Waals surface area contributed by atoms with Crippen LogP contribution in [0, 0.1) is 17.8 Å². The van der Waals surface area contributed by atoms with Crippen LogP contribution in [-0.4, -0.2) is 0 Å². The second-order valence-corrected chi connectivity index (χ2v) is 3.02. The van der Waals surface area contributed by atoms with Crippen LogP contribution in [-0.2, 0) is 0 Å². The van der Waals surface area contributed by atoms with Gasteiger partial charge in [-0.05, 0) is 30.6 Å². The zero-order valence-corrected chi connectivity index (χ0v) is 5.30. The van der Waals surface area contributed by atoms with Gasteiger partial charge in [0, 0.05) is 0 Å². The maximum Gasteiger partial charge on any atom is -0.0196 e. The zero-order chi connectivity index (χ0) is 5.56. The molecule has 0 aliphatic heterocycles. The van der Waals surface area contributed by atoms with Gasteiger partial charge in [0.2, 0.25) is 0 Å². The first-order chi connectivity index (χ1) is 3.92. The van der Waals surface area contributed by atoms with Crippen molar-refractivity contribution in [2.75, 3.05) is 0 Å². The molecule has 2 aliphatic carbocycles. The second-order valence-electron chi connectivity index (χ2n) is 3.02. The van der Waals surface area contributed by atoms with Crippen molar-refractivity contribution in [3.8, 4) is 0 Å². The molecule has 1 fully saturated rings. The monoisotopic (exact) mass is 108 g/mol. The Hall–Kier alpha value is -0.260. The lowest BCUT2D eigenvalue weighted by Gasteiger charge is -2.01. The lowest BCUT2D eigenvalue weighted by Crippen LogP contribution is -1.92. The molecule has 0 aromatic heterocycles. The molecule has 0 aromatic rings. The minimum atomic E-state index is 0.958. The standard InChI is InChI=1S/C8H12/c1-2-6-3-4-7-5-8(6)7/h3-4,6-8H,2,5H2,1H3. The SMILES string of the molecule is CCC1C=CC2CC12. The van der Waals surface area contributed by atoms with Crippen LogP contribution in [0.25, 0.3) is 0 Å². The lowest BCUT2D eigenvalue weighted by atomic mass is 10.0. The normalized spacial score (nSPS) is 49.4. The fourth-order valence-corrected chi connectivity index (χ4v) is 1.82. The van der Waals surface area contributed by atoms with Crippen LogP contribution in [0.3, 0.4) is 0 Å². The van der Waals surface area contributed by atoms with Crippen molar-refractivity contribution in [3.63, 3.8) is 0 Å². The molecule has 0 bridgehead atoms. The van der Waals surface area contributed by atoms with Gasteiger partial charge in [0.25, 0.3) is 0 Å². The molecule has 0 radical (unpaired) electrons. The molecule has 2 aliphatic rings. The Morgan fingerprint density at radius 3 is 2.62 bits per heavy atom. The van der Waals surface area contributed by atoms with Gasteiger partial charge in [0.1, 0.15) is 0 Å². The number of rotatable bonds is 1. The average molecular weight is 108 g/mol. The summed E-state index contributed by atoms with van der Waals surface area (Å²) < 4.78 is 0. The highest BCUT2D eigenvalue weighted by atomic mass is 14.5. The van der Waals surface area contributed by atoms with E-state index in [2.05, 4.69) is 19.1 Å². The molecule has 0 nitrogen and oxygen atoms in total. The largest absolute Gasteiger partial charge is 0.0848 e. The predicted molar refractivity (Wildman–Crippen MR) is 34.5 cm³/mol. The number of fused-ring (bicyclic) bond motifs is 1. The molecule has 0 heterocycles. The Bertz CT molecular complexity index is 124. The van der Waals surface area contributed by atoms with Crippen molar-refractivity contribution >= 4 is 0 Å². The van der Waals surface area contributed by atoms with Crippen molar-refractivity contribution in [3.05, 3.63) is 12.2 Å². The summed E-state index contributed by atoms with van der Waals surface area (Å²) in [5, 5.41) is 0. The highest BCUT2D eigenvalue weighted by Crippen LogP contribution is 2.51. The quantitative estimate of drug-likeness (QED) is 0.452. The molecular weight excluding hydrogens is 96.1 g/mol. The summed E-state index contributed by atoms with van der Waals surface area (Å²) in [6.45, 7) is 2.29. The summed E-state index contributed by atoms with van der Waals surface area (Å²) in [7, 11) is 0. The Labute approximate surface area is 50.6 Å². The van der Waals surface area contributed by atoms with E-state index in [-0.39, 0.29) is 0 Å². The van der Waals surface area contributed by atoms with E-state index >= 15 is 0 Å². The molecule has 0 heteroatoms. The smallest absolute Gasteiger partial charge is 0.0196 e. The Kier molecular flexibility index (Phi) is 0.787. The molecule has 0 N–H and O–H groups in total. The van der Waals surface area contributed by atoms with Crippen molar-refractivity contribution in [2.45, 2.75) is 19.8 Å². The van der Waals surface area contributed by atoms with Gasteiger partial charge in [-0.15, -0.1) is 0 Å². The molecule has 0 amide bonds. The summed E-state index contributed by atoms with van der Waals surface area (Å²) >= 11 is 0. The fourth-order valence-electron chi connectivity index (χ4n) is 1.82. The van der Waals surface area contributed by atoms with E-state index < -0.39 is 0 Å². The molecule has 3 atom stereocenters. The van der Waals surface area contributed by atoms with E-state index in [4.69, 9.17) is 0 Å². The predicted octanol–water partition coefficient (Wildman–Crippen LogP) is 2.22. The molecule has 2 rings (SSSR count). The van der Waals surface area contributed by atoms with Crippen molar-refractivity contribution in [1.29, 1.82) is 0 Å². The maximum absolute atomic E-state index is 2.40. The van der Waals surface area contributed by atoms with Crippen LogP contribution in [0.15, 0.2) is 12.2 Å². The van der Waals surface area contributed by atoms with Crippen LogP contribution in [0.1, 0.15) is 19.8 Å². The maximum atomic E-state index is 2.40. The minimum absolute atomic E-state index is 0.958. The Balaban J connectivity index is 2.07. The Morgan fingerprint density at radius 2 is 2.38 bits per heavy atom. The molecule has 8 heavy (non-hydrogen) atoms. The minimum Gasteiger partial charge on any atom is -0.0848 e. The van der Waals surface area contributed by atoms with Crippen LogP contribution < -0.4 is 0 Å². The summed E-state index contributed by atoms with van der Waals surface area (Å²) in [4.78, 5) is 0. The third-order valence-corrected chi connectivity index (χ3v) is 2.52. The molecule has 3 unspecified atom stereocenters. The first-order valence-electron chi connectivity index (χ1n) is 3.60. The third-order valence-electron chi connectivity index (χ3n) is 2.52. The van der Waals surface area contributed by atoms with Gasteiger partial charge in [0.15, 0.2) is 0 Å². The van der Waals surface area contributed by atoms with E-state index in [1.165, 1.54) is 12.8 Å². The molecule has 1 saturated carbocycles. The third kappa shape index (κ3) is 0.460. The summed E-state index contributed by atoms with van der Waals surface area (Å²) in [6.07, 6.45) is 7.66. The second kappa shape index (κ2) is 1.37.